The van der Waals surface area contributed by atoms with E-state index in [1.807, 2.05) is 84.9 Å². The van der Waals surface area contributed by atoms with Crippen LogP contribution in [0.4, 0.5) is 27.6 Å². The van der Waals surface area contributed by atoms with Crippen molar-refractivity contribution in [3.8, 4) is 5.75 Å². The molecule has 1 heterocycles. The van der Waals surface area contributed by atoms with Crippen molar-refractivity contribution < 1.29 is 49.4 Å². The molecule has 2 aliphatic rings. The molecule has 7 rings (SSSR count). The first-order chi connectivity index (χ1) is 27.9. The zero-order valence-electron chi connectivity index (χ0n) is 31.2. The summed E-state index contributed by atoms with van der Waals surface area (Å²) >= 11 is 0. The first-order valence-electron chi connectivity index (χ1n) is 18.9. The van der Waals surface area contributed by atoms with E-state index in [4.69, 9.17) is 9.47 Å². The molecule has 302 valence electrons. The number of ether oxygens (including phenoxy) is 2. The molecule has 5 aromatic carbocycles. The van der Waals surface area contributed by atoms with Gasteiger partial charge in [0, 0.05) is 24.8 Å². The molecular weight excluding hydrogens is 780 g/mol. The van der Waals surface area contributed by atoms with Crippen molar-refractivity contribution >= 4 is 27.6 Å². The van der Waals surface area contributed by atoms with E-state index >= 15 is 0 Å². The molecule has 1 saturated carbocycles. The van der Waals surface area contributed by atoms with Crippen molar-refractivity contribution in [2.75, 3.05) is 18.0 Å². The van der Waals surface area contributed by atoms with Gasteiger partial charge in [0.25, 0.3) is 0 Å². The number of amides is 1. The summed E-state index contributed by atoms with van der Waals surface area (Å²) in [4.78, 5) is 27.2. The zero-order valence-corrected chi connectivity index (χ0v) is 32.0. The fourth-order valence-electron chi connectivity index (χ4n) is 7.26. The molecule has 1 aliphatic carbocycles. The second-order valence-electron chi connectivity index (χ2n) is 14.4. The average Bonchev–Trinajstić information content (AvgIpc) is 3.23. The van der Waals surface area contributed by atoms with Gasteiger partial charge in [-0.25, -0.2) is 35.2 Å². The highest BCUT2D eigenvalue weighted by Gasteiger charge is 2.46. The Bertz CT molecular complexity index is 2360. The minimum Gasteiger partial charge on any atom is -0.488 e. The Hall–Kier alpha value is -5.60. The summed E-state index contributed by atoms with van der Waals surface area (Å²) in [7, 11) is -5.24. The van der Waals surface area contributed by atoms with E-state index in [1.165, 1.54) is 35.1 Å². The molecule has 0 unspecified atom stereocenters. The van der Waals surface area contributed by atoms with Crippen LogP contribution in [0.1, 0.15) is 70.6 Å². The van der Waals surface area contributed by atoms with Crippen LogP contribution >= 0.6 is 0 Å². The predicted molar refractivity (Wildman–Crippen MR) is 205 cm³/mol. The summed E-state index contributed by atoms with van der Waals surface area (Å²) in [5, 5.41) is 0. The molecule has 0 N–H and O–H groups in total. The lowest BCUT2D eigenvalue weighted by molar-refractivity contribution is -0.125. The lowest BCUT2D eigenvalue weighted by Crippen LogP contribution is -2.56. The maximum Gasteiger partial charge on any atom is 0.342 e. The summed E-state index contributed by atoms with van der Waals surface area (Å²) in [5.74, 6) is -14.1. The van der Waals surface area contributed by atoms with Crippen LogP contribution in [-0.2, 0) is 39.3 Å². The third-order valence-electron chi connectivity index (χ3n) is 10.6. The molecule has 0 radical (unpaired) electrons. The van der Waals surface area contributed by atoms with E-state index < -0.39 is 74.9 Å². The van der Waals surface area contributed by atoms with Crippen LogP contribution < -0.4 is 9.64 Å². The number of carbonyl (C=O) groups excluding carboxylic acids is 2. The normalized spacial score (nSPS) is 15.1. The monoisotopic (exact) mass is 818 g/mol. The smallest absolute Gasteiger partial charge is 0.342 e. The highest BCUT2D eigenvalue weighted by molar-refractivity contribution is 7.89. The largest absolute Gasteiger partial charge is 0.488 e. The average molecular weight is 819 g/mol. The molecule has 14 heteroatoms. The Morgan fingerprint density at radius 2 is 1.24 bits per heavy atom. The molecule has 5 aromatic rings. The minimum absolute atomic E-state index is 0.000592. The van der Waals surface area contributed by atoms with Gasteiger partial charge >= 0.3 is 5.97 Å². The van der Waals surface area contributed by atoms with Gasteiger partial charge in [-0.05, 0) is 53.1 Å². The van der Waals surface area contributed by atoms with E-state index in [0.717, 1.165) is 42.4 Å². The predicted octanol–water partition coefficient (Wildman–Crippen LogP) is 9.22. The summed E-state index contributed by atoms with van der Waals surface area (Å²) in [5.41, 5.74) is 3.85. The van der Waals surface area contributed by atoms with Crippen molar-refractivity contribution in [2.24, 2.45) is 5.92 Å². The van der Waals surface area contributed by atoms with Gasteiger partial charge in [-0.15, -0.1) is 0 Å². The van der Waals surface area contributed by atoms with Gasteiger partial charge in [0.1, 0.15) is 24.5 Å². The number of anilines is 1. The summed E-state index contributed by atoms with van der Waals surface area (Å²) in [6.45, 7) is -1.14. The van der Waals surface area contributed by atoms with E-state index in [9.17, 15) is 40.0 Å². The van der Waals surface area contributed by atoms with Gasteiger partial charge in [0.2, 0.25) is 21.7 Å². The van der Waals surface area contributed by atoms with Crippen molar-refractivity contribution in [2.45, 2.75) is 62.7 Å². The minimum atomic E-state index is -5.24. The molecule has 0 bridgehead atoms. The molecule has 1 aliphatic heterocycles. The molecule has 1 saturated heterocycles. The van der Waals surface area contributed by atoms with Gasteiger partial charge in [-0.2, -0.15) is 4.31 Å². The Morgan fingerprint density at radius 1 is 0.672 bits per heavy atom. The van der Waals surface area contributed by atoms with Crippen LogP contribution in [0.15, 0.2) is 108 Å². The number of nitrogens with zero attached hydrogens (tertiary/aromatic N) is 2. The number of hydrogen-bond donors (Lipinski definition) is 0. The summed E-state index contributed by atoms with van der Waals surface area (Å²) in [6, 6.07) is 30.7. The van der Waals surface area contributed by atoms with Crippen molar-refractivity contribution in [3.63, 3.8) is 0 Å². The van der Waals surface area contributed by atoms with Crippen LogP contribution in [0.5, 0.6) is 5.75 Å². The number of rotatable bonds is 13. The first kappa shape index (κ1) is 40.6. The number of esters is 1. The van der Waals surface area contributed by atoms with Gasteiger partial charge in [0.05, 0.1) is 12.5 Å². The SMILES string of the molecule is O=C(OCc1ccccc1)c1ccc(N(Cc2ccc(C3CCCCC3)cc2)C(=O)C2CN(S(=O)(=O)c3c(F)c(F)c(F)c(F)c3F)C2)cc1OCc1ccccc1. The van der Waals surface area contributed by atoms with Gasteiger partial charge in [-0.1, -0.05) is 104 Å². The fraction of sp³-hybridized carbons (Fsp3) is 0.273. The number of carbonyl (C=O) groups is 2. The Labute approximate surface area is 332 Å². The summed E-state index contributed by atoms with van der Waals surface area (Å²) < 4.78 is 110. The molecule has 0 atom stereocenters. The van der Waals surface area contributed by atoms with E-state index in [1.54, 1.807) is 0 Å². The molecule has 0 spiro atoms. The highest BCUT2D eigenvalue weighted by atomic mass is 32.2. The molecule has 0 aromatic heterocycles. The van der Waals surface area contributed by atoms with Gasteiger partial charge in [-0.3, -0.25) is 4.79 Å². The van der Waals surface area contributed by atoms with E-state index in [0.29, 0.717) is 10.2 Å². The topological polar surface area (TPSA) is 93.2 Å². The molecular formula is C44H39F5N2O6S. The van der Waals surface area contributed by atoms with E-state index in [-0.39, 0.29) is 36.8 Å². The van der Waals surface area contributed by atoms with E-state index in [2.05, 4.69) is 0 Å². The number of halogens is 5. The maximum absolute atomic E-state index is 14.6. The van der Waals surface area contributed by atoms with Gasteiger partial charge in [0.15, 0.2) is 28.2 Å². The van der Waals surface area contributed by atoms with Gasteiger partial charge < -0.3 is 14.4 Å². The molecule has 1 amide bonds. The number of sulfonamides is 1. The third-order valence-corrected chi connectivity index (χ3v) is 12.4. The van der Waals surface area contributed by atoms with Crippen LogP contribution in [-0.4, -0.2) is 37.7 Å². The third kappa shape index (κ3) is 8.63. The Morgan fingerprint density at radius 3 is 1.84 bits per heavy atom. The second kappa shape index (κ2) is 17.5. The number of benzene rings is 5. The van der Waals surface area contributed by atoms with Crippen molar-refractivity contribution in [1.29, 1.82) is 0 Å². The quantitative estimate of drug-likeness (QED) is 0.0510. The van der Waals surface area contributed by atoms with Crippen LogP contribution in [0, 0.1) is 35.0 Å². The Kier molecular flexibility index (Phi) is 12.2. The van der Waals surface area contributed by atoms with Crippen LogP contribution in [0.3, 0.4) is 0 Å². The second-order valence-corrected chi connectivity index (χ2v) is 16.3. The van der Waals surface area contributed by atoms with Crippen LogP contribution in [0.2, 0.25) is 0 Å². The molecule has 2 fully saturated rings. The first-order valence-corrected chi connectivity index (χ1v) is 20.3. The number of hydrogen-bond acceptors (Lipinski definition) is 6. The van der Waals surface area contributed by atoms with Crippen molar-refractivity contribution in [3.05, 3.63) is 160 Å². The van der Waals surface area contributed by atoms with Crippen molar-refractivity contribution in [1.82, 2.24) is 4.31 Å². The highest BCUT2D eigenvalue weighted by Crippen LogP contribution is 2.36. The maximum atomic E-state index is 14.6. The molecule has 8 nitrogen and oxygen atoms in total. The fourth-order valence-corrected chi connectivity index (χ4v) is 8.91. The zero-order chi connectivity index (χ0) is 41.0. The summed E-state index contributed by atoms with van der Waals surface area (Å²) in [6.07, 6.45) is 5.67. The standard InChI is InChI=1S/C44H39F5N2O6S/c45-37-38(46)40(48)42(41(49)39(37)47)58(54,55)50-24-33(25-50)43(52)51(23-28-16-18-32(19-17-28)31-14-8-3-9-15-31)34-20-21-35(44(53)57-27-30-12-6-2-7-13-30)36(22-34)56-26-29-10-4-1-5-11-29/h1-2,4-7,10-13,16-22,31,33H,3,8-9,14-15,23-27H2. The lowest BCUT2D eigenvalue weighted by atomic mass is 9.84. The lowest BCUT2D eigenvalue weighted by Gasteiger charge is -2.39. The molecule has 58 heavy (non-hydrogen) atoms. The Balaban J connectivity index is 1.19. The van der Waals surface area contributed by atoms with Crippen LogP contribution in [0.25, 0.3) is 0 Å².